The van der Waals surface area contributed by atoms with Gasteiger partial charge in [0.15, 0.2) is 0 Å². The van der Waals surface area contributed by atoms with Crippen molar-refractivity contribution in [1.82, 2.24) is 34.5 Å². The fourth-order valence-corrected chi connectivity index (χ4v) is 3.11. The summed E-state index contributed by atoms with van der Waals surface area (Å²) >= 11 is 0. The minimum atomic E-state index is -4.55. The van der Waals surface area contributed by atoms with Crippen LogP contribution in [-0.2, 0) is 38.1 Å². The standard InChI is InChI=1S/C23H22F3N7.Pt/c1-21(2,3)20-27-14-33(31-20)19-11-7-9-16(29-19)22(4,5)15-8-6-10-18(28-15)32-13-12-17(30-32)23(24,25)26;/h6-12H,1-5H3;/q-2;+2. The first-order valence-electron chi connectivity index (χ1n) is 10.2. The van der Waals surface area contributed by atoms with Crippen LogP contribution >= 0.6 is 0 Å². The molecule has 0 aliphatic heterocycles. The van der Waals surface area contributed by atoms with E-state index in [1.54, 1.807) is 24.3 Å². The van der Waals surface area contributed by atoms with Gasteiger partial charge in [-0.15, -0.1) is 6.07 Å². The van der Waals surface area contributed by atoms with E-state index in [9.17, 15) is 13.2 Å². The summed E-state index contributed by atoms with van der Waals surface area (Å²) in [6.45, 7) is 9.91. The van der Waals surface area contributed by atoms with Gasteiger partial charge in [-0.3, -0.25) is 15.1 Å². The minimum Gasteiger partial charge on any atom is -0.349 e. The summed E-state index contributed by atoms with van der Waals surface area (Å²) in [7, 11) is 0. The topological polar surface area (TPSA) is 74.3 Å². The molecule has 0 saturated carbocycles. The van der Waals surface area contributed by atoms with E-state index in [4.69, 9.17) is 4.98 Å². The maximum atomic E-state index is 12.9. The molecule has 0 unspecified atom stereocenters. The van der Waals surface area contributed by atoms with Gasteiger partial charge in [-0.05, 0) is 31.4 Å². The van der Waals surface area contributed by atoms with Crippen molar-refractivity contribution in [2.45, 2.75) is 51.6 Å². The molecule has 0 N–H and O–H groups in total. The van der Waals surface area contributed by atoms with Crippen molar-refractivity contribution >= 4 is 0 Å². The van der Waals surface area contributed by atoms with Gasteiger partial charge in [0.1, 0.15) is 0 Å². The quantitative estimate of drug-likeness (QED) is 0.306. The van der Waals surface area contributed by atoms with E-state index in [1.807, 2.05) is 46.8 Å². The molecule has 0 amide bonds. The Morgan fingerprint density at radius 3 is 1.79 bits per heavy atom. The zero-order valence-electron chi connectivity index (χ0n) is 19.1. The summed E-state index contributed by atoms with van der Waals surface area (Å²) < 4.78 is 41.2. The van der Waals surface area contributed by atoms with Gasteiger partial charge in [0.05, 0.1) is 23.2 Å². The van der Waals surface area contributed by atoms with Crippen LogP contribution in [0.3, 0.4) is 0 Å². The van der Waals surface area contributed by atoms with Crippen molar-refractivity contribution in [3.63, 3.8) is 0 Å². The molecular weight excluding hydrogens is 626 g/mol. The second-order valence-corrected chi connectivity index (χ2v) is 9.15. The molecule has 0 aromatic carbocycles. The number of hydrogen-bond acceptors (Lipinski definition) is 5. The summed E-state index contributed by atoms with van der Waals surface area (Å²) in [6, 6.07) is 11.4. The van der Waals surface area contributed by atoms with Crippen molar-refractivity contribution < 1.29 is 34.2 Å². The monoisotopic (exact) mass is 648 g/mol. The van der Waals surface area contributed by atoms with Crippen LogP contribution in [0.5, 0.6) is 0 Å². The molecule has 4 aromatic rings. The average molecular weight is 649 g/mol. The molecule has 0 aliphatic carbocycles. The van der Waals surface area contributed by atoms with Crippen molar-refractivity contribution in [3.05, 3.63) is 77.9 Å². The van der Waals surface area contributed by atoms with E-state index >= 15 is 0 Å². The van der Waals surface area contributed by atoms with Crippen molar-refractivity contribution in [2.24, 2.45) is 0 Å². The summed E-state index contributed by atoms with van der Waals surface area (Å²) in [6.07, 6.45) is 0.791. The fraction of sp³-hybridized carbons (Fsp3) is 0.348. The Kier molecular flexibility index (Phi) is 6.86. The van der Waals surface area contributed by atoms with Crippen LogP contribution < -0.4 is 0 Å². The van der Waals surface area contributed by atoms with Gasteiger partial charge in [0.2, 0.25) is 0 Å². The first-order valence-corrected chi connectivity index (χ1v) is 10.2. The number of rotatable bonds is 4. The molecule has 0 bridgehead atoms. The first-order chi connectivity index (χ1) is 15.4. The minimum absolute atomic E-state index is 0. The second-order valence-electron chi connectivity index (χ2n) is 9.15. The Morgan fingerprint density at radius 1 is 0.765 bits per heavy atom. The Hall–Kier alpha value is -2.87. The number of halogens is 3. The molecule has 0 radical (unpaired) electrons. The van der Waals surface area contributed by atoms with Gasteiger partial charge < -0.3 is 14.3 Å². The molecule has 0 aliphatic rings. The van der Waals surface area contributed by atoms with Crippen molar-refractivity contribution in [3.8, 4) is 11.6 Å². The van der Waals surface area contributed by atoms with E-state index in [0.29, 0.717) is 23.0 Å². The molecule has 0 atom stereocenters. The fourth-order valence-electron chi connectivity index (χ4n) is 3.11. The van der Waals surface area contributed by atoms with Crippen molar-refractivity contribution in [2.75, 3.05) is 0 Å². The number of aromatic nitrogens is 7. The van der Waals surface area contributed by atoms with Crippen LogP contribution in [-0.4, -0.2) is 34.5 Å². The molecule has 0 spiro atoms. The Morgan fingerprint density at radius 2 is 1.32 bits per heavy atom. The zero-order valence-corrected chi connectivity index (χ0v) is 21.4. The molecular formula is C23H22F3N7Pt. The summed E-state index contributed by atoms with van der Waals surface area (Å²) in [5, 5.41) is 8.05. The normalized spacial score (nSPS) is 12.5. The molecule has 7 nitrogen and oxygen atoms in total. The molecule has 180 valence electrons. The zero-order chi connectivity index (χ0) is 24.0. The number of alkyl halides is 3. The SMILES string of the molecule is CC(C)(C)c1n[c-]n(-c2cccc(C(C)(C)c3cccc(-n4[c-]cc(C(F)(F)F)n4)n3)n2)n1.[Pt+2]. The second kappa shape index (κ2) is 9.06. The Labute approximate surface area is 209 Å². The number of pyridine rings is 2. The molecule has 4 heterocycles. The van der Waals surface area contributed by atoms with E-state index in [0.717, 1.165) is 10.7 Å². The van der Waals surface area contributed by atoms with Gasteiger partial charge >= 0.3 is 27.2 Å². The predicted molar refractivity (Wildman–Crippen MR) is 114 cm³/mol. The third-order valence-corrected chi connectivity index (χ3v) is 5.12. The molecule has 0 fully saturated rings. The third-order valence-electron chi connectivity index (χ3n) is 5.12. The first kappa shape index (κ1) is 25.7. The maximum absolute atomic E-state index is 12.9. The predicted octanol–water partition coefficient (Wildman–Crippen LogP) is 4.48. The van der Waals surface area contributed by atoms with Crippen LogP contribution in [0.1, 0.15) is 57.5 Å². The average Bonchev–Trinajstić information content (AvgIpc) is 3.44. The maximum Gasteiger partial charge on any atom is 2.00 e. The summed E-state index contributed by atoms with van der Waals surface area (Å²) in [5.41, 5.74) is -0.605. The Bertz CT molecular complexity index is 1190. The van der Waals surface area contributed by atoms with Gasteiger partial charge in [-0.25, -0.2) is 5.10 Å². The van der Waals surface area contributed by atoms with E-state index in [1.165, 1.54) is 4.68 Å². The number of nitrogens with zero attached hydrogens (tertiary/aromatic N) is 7. The van der Waals surface area contributed by atoms with Crippen molar-refractivity contribution in [1.29, 1.82) is 0 Å². The molecule has 34 heavy (non-hydrogen) atoms. The number of hydrogen-bond donors (Lipinski definition) is 0. The van der Waals surface area contributed by atoms with Crippen LogP contribution in [0.15, 0.2) is 42.5 Å². The summed E-state index contributed by atoms with van der Waals surface area (Å²) in [5.74, 6) is 1.43. The third kappa shape index (κ3) is 5.11. The van der Waals surface area contributed by atoms with Gasteiger partial charge in [0, 0.05) is 23.1 Å². The van der Waals surface area contributed by atoms with Gasteiger partial charge in [0.25, 0.3) is 0 Å². The molecule has 11 heteroatoms. The van der Waals surface area contributed by atoms with Crippen LogP contribution in [0.25, 0.3) is 11.6 Å². The van der Waals surface area contributed by atoms with E-state index in [2.05, 4.69) is 32.7 Å². The van der Waals surface area contributed by atoms with E-state index in [-0.39, 0.29) is 32.3 Å². The van der Waals surface area contributed by atoms with Gasteiger partial charge in [-0.1, -0.05) is 51.2 Å². The Balaban J connectivity index is 0.00000324. The van der Waals surface area contributed by atoms with Crippen LogP contribution in [0.4, 0.5) is 13.2 Å². The van der Waals surface area contributed by atoms with Crippen LogP contribution in [0.2, 0.25) is 0 Å². The smallest absolute Gasteiger partial charge is 0.349 e. The molecule has 0 saturated heterocycles. The summed E-state index contributed by atoms with van der Waals surface area (Å²) in [4.78, 5) is 13.5. The molecule has 4 rings (SSSR count). The largest absolute Gasteiger partial charge is 2.00 e. The van der Waals surface area contributed by atoms with E-state index < -0.39 is 17.3 Å². The molecule has 4 aromatic heterocycles. The van der Waals surface area contributed by atoms with Gasteiger partial charge in [-0.2, -0.15) is 13.2 Å². The van der Waals surface area contributed by atoms with Crippen LogP contribution in [0, 0.1) is 12.5 Å².